The molecule has 2 N–H and O–H groups in total. The molecule has 0 aliphatic rings. The summed E-state index contributed by atoms with van der Waals surface area (Å²) in [7, 11) is 0. The molecule has 19 heavy (non-hydrogen) atoms. The third kappa shape index (κ3) is 2.76. The number of rotatable bonds is 4. The highest BCUT2D eigenvalue weighted by Gasteiger charge is 2.20. The molecule has 0 bridgehead atoms. The molecule has 2 aromatic rings. The van der Waals surface area contributed by atoms with E-state index in [-0.39, 0.29) is 5.69 Å². The molecule has 2 heterocycles. The van der Waals surface area contributed by atoms with E-state index in [9.17, 15) is 9.59 Å². The molecule has 1 atom stereocenters. The second-order valence-corrected chi connectivity index (χ2v) is 3.87. The number of hydrogen-bond donors (Lipinski definition) is 2. The maximum absolute atomic E-state index is 12.0. The second kappa shape index (κ2) is 5.30. The van der Waals surface area contributed by atoms with Crippen LogP contribution in [0.4, 0.5) is 5.69 Å². The van der Waals surface area contributed by atoms with Gasteiger partial charge in [-0.05, 0) is 25.1 Å². The van der Waals surface area contributed by atoms with E-state index < -0.39 is 17.9 Å². The van der Waals surface area contributed by atoms with Crippen LogP contribution in [0.1, 0.15) is 23.5 Å². The maximum Gasteiger partial charge on any atom is 0.328 e. The molecule has 0 saturated carbocycles. The van der Waals surface area contributed by atoms with Crippen molar-refractivity contribution < 1.29 is 14.7 Å². The third-order valence-electron chi connectivity index (χ3n) is 2.57. The van der Waals surface area contributed by atoms with E-state index in [0.29, 0.717) is 5.69 Å². The minimum absolute atomic E-state index is 0.187. The Morgan fingerprint density at radius 1 is 1.26 bits per heavy atom. The van der Waals surface area contributed by atoms with Crippen LogP contribution in [0.25, 0.3) is 0 Å². The van der Waals surface area contributed by atoms with E-state index in [0.717, 1.165) is 0 Å². The first kappa shape index (κ1) is 12.7. The van der Waals surface area contributed by atoms with Gasteiger partial charge in [0.25, 0.3) is 5.91 Å². The highest BCUT2D eigenvalue weighted by atomic mass is 16.4. The van der Waals surface area contributed by atoms with Crippen molar-refractivity contribution in [2.24, 2.45) is 0 Å². The molecule has 0 aromatic carbocycles. The van der Waals surface area contributed by atoms with Crippen molar-refractivity contribution in [1.82, 2.24) is 14.8 Å². The number of carbonyl (C=O) groups is 2. The zero-order valence-corrected chi connectivity index (χ0v) is 10.1. The standard InChI is InChI=1S/C12H12N4O3/c1-8(12(18)19)16-10(4-7-14-16)11(17)15-9-2-5-13-6-3-9/h2-8H,1H3,(H,18,19)(H,13,15,17). The zero-order chi connectivity index (χ0) is 13.8. The van der Waals surface area contributed by atoms with Crippen LogP contribution < -0.4 is 5.32 Å². The van der Waals surface area contributed by atoms with E-state index >= 15 is 0 Å². The summed E-state index contributed by atoms with van der Waals surface area (Å²) in [5.41, 5.74) is 0.766. The maximum atomic E-state index is 12.0. The lowest BCUT2D eigenvalue weighted by molar-refractivity contribution is -0.140. The average molecular weight is 260 g/mol. The normalized spacial score (nSPS) is 11.8. The van der Waals surface area contributed by atoms with Crippen LogP contribution in [0.5, 0.6) is 0 Å². The topological polar surface area (TPSA) is 97.1 Å². The van der Waals surface area contributed by atoms with E-state index in [4.69, 9.17) is 5.11 Å². The lowest BCUT2D eigenvalue weighted by atomic mass is 10.3. The summed E-state index contributed by atoms with van der Waals surface area (Å²) in [6, 6.07) is 3.84. The lowest BCUT2D eigenvalue weighted by Gasteiger charge is -2.11. The number of amides is 1. The van der Waals surface area contributed by atoms with Crippen molar-refractivity contribution in [2.75, 3.05) is 5.32 Å². The number of aliphatic carboxylic acids is 1. The number of carbonyl (C=O) groups excluding carboxylic acids is 1. The summed E-state index contributed by atoms with van der Waals surface area (Å²) in [5, 5.41) is 15.5. The molecule has 0 fully saturated rings. The highest BCUT2D eigenvalue weighted by Crippen LogP contribution is 2.12. The van der Waals surface area contributed by atoms with Crippen LogP contribution in [-0.4, -0.2) is 31.7 Å². The van der Waals surface area contributed by atoms with Gasteiger partial charge in [-0.25, -0.2) is 9.48 Å². The van der Waals surface area contributed by atoms with Gasteiger partial charge in [0.15, 0.2) is 0 Å². The Morgan fingerprint density at radius 2 is 1.95 bits per heavy atom. The summed E-state index contributed by atoms with van der Waals surface area (Å²) in [6.45, 7) is 1.46. The van der Waals surface area contributed by atoms with Crippen molar-refractivity contribution in [3.63, 3.8) is 0 Å². The number of pyridine rings is 1. The van der Waals surface area contributed by atoms with Gasteiger partial charge in [0.05, 0.1) is 0 Å². The summed E-state index contributed by atoms with van der Waals surface area (Å²) < 4.78 is 1.17. The van der Waals surface area contributed by atoms with E-state index in [1.807, 2.05) is 0 Å². The average Bonchev–Trinajstić information content (AvgIpc) is 2.88. The Balaban J connectivity index is 2.21. The first-order valence-corrected chi connectivity index (χ1v) is 5.57. The molecule has 1 amide bonds. The Kier molecular flexibility index (Phi) is 3.56. The largest absolute Gasteiger partial charge is 0.480 e. The van der Waals surface area contributed by atoms with Crippen LogP contribution in [0, 0.1) is 0 Å². The smallest absolute Gasteiger partial charge is 0.328 e. The van der Waals surface area contributed by atoms with Crippen molar-refractivity contribution in [3.05, 3.63) is 42.5 Å². The predicted molar refractivity (Wildman–Crippen MR) is 66.8 cm³/mol. The number of anilines is 1. The van der Waals surface area contributed by atoms with Gasteiger partial charge in [0.1, 0.15) is 11.7 Å². The van der Waals surface area contributed by atoms with E-state index in [1.165, 1.54) is 23.9 Å². The Labute approximate surface area is 108 Å². The molecule has 7 heteroatoms. The van der Waals surface area contributed by atoms with Crippen molar-refractivity contribution in [2.45, 2.75) is 13.0 Å². The van der Waals surface area contributed by atoms with E-state index in [1.54, 1.807) is 24.5 Å². The molecule has 2 rings (SSSR count). The van der Waals surface area contributed by atoms with Gasteiger partial charge in [-0.3, -0.25) is 9.78 Å². The Hall–Kier alpha value is -2.70. The van der Waals surface area contributed by atoms with E-state index in [2.05, 4.69) is 15.4 Å². The lowest BCUT2D eigenvalue weighted by Crippen LogP contribution is -2.24. The SMILES string of the molecule is CC(C(=O)O)n1nccc1C(=O)Nc1ccncc1. The van der Waals surface area contributed by atoms with Crippen LogP contribution >= 0.6 is 0 Å². The van der Waals surface area contributed by atoms with Gasteiger partial charge in [-0.2, -0.15) is 5.10 Å². The zero-order valence-electron chi connectivity index (χ0n) is 10.1. The van der Waals surface area contributed by atoms with Gasteiger partial charge < -0.3 is 10.4 Å². The van der Waals surface area contributed by atoms with Crippen LogP contribution in [0.2, 0.25) is 0 Å². The molecule has 0 aliphatic heterocycles. The number of hydrogen-bond acceptors (Lipinski definition) is 4. The fraction of sp³-hybridized carbons (Fsp3) is 0.167. The molecule has 0 spiro atoms. The number of carboxylic acid groups (broad SMARTS) is 1. The summed E-state index contributed by atoms with van der Waals surface area (Å²) in [5.74, 6) is -1.47. The van der Waals surface area contributed by atoms with Crippen molar-refractivity contribution in [1.29, 1.82) is 0 Å². The predicted octanol–water partition coefficient (Wildman–Crippen LogP) is 1.18. The first-order chi connectivity index (χ1) is 9.09. The molecule has 2 aromatic heterocycles. The molecule has 7 nitrogen and oxygen atoms in total. The second-order valence-electron chi connectivity index (χ2n) is 3.87. The number of nitrogens with zero attached hydrogens (tertiary/aromatic N) is 3. The number of aromatic nitrogens is 3. The molecule has 0 saturated heterocycles. The highest BCUT2D eigenvalue weighted by molar-refractivity contribution is 6.03. The summed E-state index contributed by atoms with van der Waals surface area (Å²) in [4.78, 5) is 26.8. The van der Waals surface area contributed by atoms with Gasteiger partial charge in [-0.15, -0.1) is 0 Å². The van der Waals surface area contributed by atoms with Crippen LogP contribution in [-0.2, 0) is 4.79 Å². The first-order valence-electron chi connectivity index (χ1n) is 5.57. The fourth-order valence-electron chi connectivity index (χ4n) is 1.54. The van der Waals surface area contributed by atoms with Crippen LogP contribution in [0.3, 0.4) is 0 Å². The molecule has 98 valence electrons. The van der Waals surface area contributed by atoms with Gasteiger partial charge in [0.2, 0.25) is 0 Å². The van der Waals surface area contributed by atoms with Crippen molar-refractivity contribution >= 4 is 17.6 Å². The Bertz CT molecular complexity index is 594. The minimum Gasteiger partial charge on any atom is -0.480 e. The molecular weight excluding hydrogens is 248 g/mol. The summed E-state index contributed by atoms with van der Waals surface area (Å²) in [6.07, 6.45) is 4.49. The Morgan fingerprint density at radius 3 is 2.58 bits per heavy atom. The van der Waals surface area contributed by atoms with Crippen LogP contribution in [0.15, 0.2) is 36.8 Å². The molecular formula is C12H12N4O3. The van der Waals surface area contributed by atoms with Gasteiger partial charge in [-0.1, -0.05) is 0 Å². The van der Waals surface area contributed by atoms with Gasteiger partial charge in [0, 0.05) is 24.3 Å². The number of nitrogens with one attached hydrogen (secondary N) is 1. The third-order valence-corrected chi connectivity index (χ3v) is 2.57. The molecule has 1 unspecified atom stereocenters. The van der Waals surface area contributed by atoms with Gasteiger partial charge >= 0.3 is 5.97 Å². The monoisotopic (exact) mass is 260 g/mol. The molecule has 0 radical (unpaired) electrons. The van der Waals surface area contributed by atoms with Crippen molar-refractivity contribution in [3.8, 4) is 0 Å². The fourth-order valence-corrected chi connectivity index (χ4v) is 1.54. The summed E-state index contributed by atoms with van der Waals surface area (Å²) >= 11 is 0. The quantitative estimate of drug-likeness (QED) is 0.860. The number of carboxylic acids is 1. The minimum atomic E-state index is -1.05. The molecule has 0 aliphatic carbocycles.